The molecule has 0 radical (unpaired) electrons. The maximum Gasteiger partial charge on any atom is 0.407 e. The van der Waals surface area contributed by atoms with E-state index in [2.05, 4.69) is 10.3 Å². The number of oxazole rings is 1. The number of carbonyl (C=O) groups excluding carboxylic acids is 2. The molecule has 0 aliphatic heterocycles. The lowest BCUT2D eigenvalue weighted by Crippen LogP contribution is -2.42. The molecule has 35 heavy (non-hydrogen) atoms. The minimum atomic E-state index is -2.93. The number of nitrogens with one attached hydrogen (secondary N) is 2. The van der Waals surface area contributed by atoms with Crippen molar-refractivity contribution in [2.75, 3.05) is 6.61 Å². The standard InChI is InChI=1S/C24H21F2N3O6/c25-20(26)9-18(23(31)32)29-22(30)21-19(35-12-28-21)10-27-24(33)34-11-17-15-7-3-1-5-13(15)14-6-2-4-8-16(14)17/h1-8,12,17-18,20H,9-11H2,(H,27,33)(H,29,30)(H,31,32). The first-order valence-corrected chi connectivity index (χ1v) is 10.7. The molecule has 0 bridgehead atoms. The topological polar surface area (TPSA) is 131 Å². The van der Waals surface area contributed by atoms with Gasteiger partial charge in [0.15, 0.2) is 17.8 Å². The number of amides is 2. The maximum absolute atomic E-state index is 12.6. The first-order valence-electron chi connectivity index (χ1n) is 10.7. The van der Waals surface area contributed by atoms with Gasteiger partial charge in [-0.1, -0.05) is 48.5 Å². The molecule has 1 aliphatic carbocycles. The highest BCUT2D eigenvalue weighted by Gasteiger charge is 2.30. The number of alkyl halides is 2. The van der Waals surface area contributed by atoms with E-state index in [-0.39, 0.29) is 30.5 Å². The Labute approximate surface area is 198 Å². The summed E-state index contributed by atoms with van der Waals surface area (Å²) in [6.07, 6.45) is -3.84. The lowest BCUT2D eigenvalue weighted by atomic mass is 9.98. The molecule has 0 saturated heterocycles. The second-order valence-electron chi connectivity index (χ2n) is 7.79. The molecule has 0 saturated carbocycles. The zero-order chi connectivity index (χ0) is 24.9. The molecule has 3 N–H and O–H groups in total. The fraction of sp³-hybridized carbons (Fsp3) is 0.250. The van der Waals surface area contributed by atoms with Crippen LogP contribution in [-0.4, -0.2) is 47.1 Å². The van der Waals surface area contributed by atoms with Gasteiger partial charge in [-0.05, 0) is 22.3 Å². The number of nitrogens with zero attached hydrogens (tertiary/aromatic N) is 1. The van der Waals surface area contributed by atoms with E-state index in [9.17, 15) is 23.2 Å². The van der Waals surface area contributed by atoms with Crippen molar-refractivity contribution in [2.24, 2.45) is 0 Å². The third-order valence-electron chi connectivity index (χ3n) is 5.61. The lowest BCUT2D eigenvalue weighted by Gasteiger charge is -2.15. The van der Waals surface area contributed by atoms with Crippen LogP contribution in [0.4, 0.5) is 13.6 Å². The molecule has 1 unspecified atom stereocenters. The van der Waals surface area contributed by atoms with Crippen LogP contribution >= 0.6 is 0 Å². The molecule has 1 aliphatic rings. The monoisotopic (exact) mass is 485 g/mol. The largest absolute Gasteiger partial charge is 0.480 e. The fourth-order valence-electron chi connectivity index (χ4n) is 4.01. The third kappa shape index (κ3) is 5.29. The molecule has 2 amide bonds. The highest BCUT2D eigenvalue weighted by molar-refractivity contribution is 5.95. The summed E-state index contributed by atoms with van der Waals surface area (Å²) >= 11 is 0. The Morgan fingerprint density at radius 3 is 2.29 bits per heavy atom. The van der Waals surface area contributed by atoms with E-state index >= 15 is 0 Å². The maximum atomic E-state index is 12.6. The summed E-state index contributed by atoms with van der Waals surface area (Å²) in [5.74, 6) is -2.85. The van der Waals surface area contributed by atoms with Crippen molar-refractivity contribution in [1.82, 2.24) is 15.6 Å². The molecule has 1 heterocycles. The van der Waals surface area contributed by atoms with Crippen LogP contribution in [-0.2, 0) is 16.1 Å². The molecule has 0 fully saturated rings. The van der Waals surface area contributed by atoms with Crippen LogP contribution < -0.4 is 10.6 Å². The van der Waals surface area contributed by atoms with Crippen molar-refractivity contribution >= 4 is 18.0 Å². The zero-order valence-corrected chi connectivity index (χ0v) is 18.2. The quantitative estimate of drug-likeness (QED) is 0.422. The van der Waals surface area contributed by atoms with E-state index in [1.165, 1.54) is 0 Å². The molecular formula is C24H21F2N3O6. The van der Waals surface area contributed by atoms with E-state index in [1.54, 1.807) is 0 Å². The summed E-state index contributed by atoms with van der Waals surface area (Å²) < 4.78 is 35.6. The molecular weight excluding hydrogens is 464 g/mol. The zero-order valence-electron chi connectivity index (χ0n) is 18.2. The summed E-state index contributed by atoms with van der Waals surface area (Å²) in [4.78, 5) is 39.4. The Morgan fingerprint density at radius 2 is 1.69 bits per heavy atom. The van der Waals surface area contributed by atoms with Crippen LogP contribution in [0.15, 0.2) is 59.3 Å². The number of carbonyl (C=O) groups is 3. The highest BCUT2D eigenvalue weighted by Crippen LogP contribution is 2.44. The average Bonchev–Trinajstić information content (AvgIpc) is 3.43. The summed E-state index contributed by atoms with van der Waals surface area (Å²) in [6.45, 7) is -0.205. The highest BCUT2D eigenvalue weighted by atomic mass is 19.3. The number of carboxylic acid groups (broad SMARTS) is 1. The van der Waals surface area contributed by atoms with E-state index in [4.69, 9.17) is 14.3 Å². The van der Waals surface area contributed by atoms with Crippen molar-refractivity contribution in [1.29, 1.82) is 0 Å². The Bertz CT molecular complexity index is 1200. The Hall–Kier alpha value is -4.28. The van der Waals surface area contributed by atoms with Gasteiger partial charge < -0.3 is 24.9 Å². The second-order valence-corrected chi connectivity index (χ2v) is 7.79. The van der Waals surface area contributed by atoms with Crippen LogP contribution in [0, 0.1) is 0 Å². The molecule has 2 aromatic carbocycles. The second kappa shape index (κ2) is 10.3. The number of halogens is 2. The first-order chi connectivity index (χ1) is 16.8. The summed E-state index contributed by atoms with van der Waals surface area (Å²) in [6, 6.07) is 13.9. The molecule has 1 atom stereocenters. The molecule has 3 aromatic rings. The van der Waals surface area contributed by atoms with E-state index in [0.29, 0.717) is 0 Å². The van der Waals surface area contributed by atoms with Gasteiger partial charge in [0, 0.05) is 12.3 Å². The lowest BCUT2D eigenvalue weighted by molar-refractivity contribution is -0.140. The van der Waals surface area contributed by atoms with Crippen LogP contribution in [0.25, 0.3) is 11.1 Å². The normalized spacial score (nSPS) is 13.1. The number of ether oxygens (including phenoxy) is 1. The van der Waals surface area contributed by atoms with Gasteiger partial charge in [0.2, 0.25) is 6.43 Å². The van der Waals surface area contributed by atoms with Gasteiger partial charge in [-0.15, -0.1) is 0 Å². The van der Waals surface area contributed by atoms with Crippen molar-refractivity contribution in [3.8, 4) is 11.1 Å². The summed E-state index contributed by atoms with van der Waals surface area (Å²) in [7, 11) is 0. The van der Waals surface area contributed by atoms with Crippen molar-refractivity contribution in [3.63, 3.8) is 0 Å². The minimum absolute atomic E-state index is 0.0809. The van der Waals surface area contributed by atoms with Crippen molar-refractivity contribution in [3.05, 3.63) is 77.5 Å². The van der Waals surface area contributed by atoms with Gasteiger partial charge in [-0.3, -0.25) is 4.79 Å². The van der Waals surface area contributed by atoms with E-state index in [0.717, 1.165) is 28.6 Å². The van der Waals surface area contributed by atoms with Crippen LogP contribution in [0.1, 0.15) is 39.7 Å². The number of alkyl carbamates (subject to hydrolysis) is 1. The van der Waals surface area contributed by atoms with Gasteiger partial charge in [0.1, 0.15) is 12.6 Å². The smallest absolute Gasteiger partial charge is 0.407 e. The molecule has 11 heteroatoms. The number of hydrogen-bond acceptors (Lipinski definition) is 6. The molecule has 4 rings (SSSR count). The number of aromatic nitrogens is 1. The number of fused-ring (bicyclic) bond motifs is 3. The molecule has 9 nitrogen and oxygen atoms in total. The fourth-order valence-corrected chi connectivity index (χ4v) is 4.01. The van der Waals surface area contributed by atoms with Crippen LogP contribution in [0.2, 0.25) is 0 Å². The van der Waals surface area contributed by atoms with Gasteiger partial charge in [0.25, 0.3) is 5.91 Å². The van der Waals surface area contributed by atoms with Gasteiger partial charge in [-0.25, -0.2) is 23.4 Å². The van der Waals surface area contributed by atoms with E-state index < -0.39 is 36.9 Å². The predicted molar refractivity (Wildman–Crippen MR) is 118 cm³/mol. The number of aliphatic carboxylic acids is 1. The number of rotatable bonds is 9. The van der Waals surface area contributed by atoms with Crippen LogP contribution in [0.5, 0.6) is 0 Å². The average molecular weight is 485 g/mol. The molecule has 182 valence electrons. The predicted octanol–water partition coefficient (Wildman–Crippen LogP) is 3.55. The Morgan fingerprint density at radius 1 is 1.06 bits per heavy atom. The van der Waals surface area contributed by atoms with Gasteiger partial charge in [-0.2, -0.15) is 0 Å². The number of hydrogen-bond donors (Lipinski definition) is 3. The first kappa shape index (κ1) is 23.9. The number of benzene rings is 2. The Kier molecular flexibility index (Phi) is 7.04. The van der Waals surface area contributed by atoms with Crippen LogP contribution in [0.3, 0.4) is 0 Å². The van der Waals surface area contributed by atoms with Crippen molar-refractivity contribution < 1.29 is 37.4 Å². The van der Waals surface area contributed by atoms with Gasteiger partial charge in [0.05, 0.1) is 6.54 Å². The summed E-state index contributed by atoms with van der Waals surface area (Å²) in [5, 5.41) is 13.4. The van der Waals surface area contributed by atoms with Gasteiger partial charge >= 0.3 is 12.1 Å². The minimum Gasteiger partial charge on any atom is -0.480 e. The molecule has 0 spiro atoms. The van der Waals surface area contributed by atoms with Crippen molar-refractivity contribution in [2.45, 2.75) is 31.4 Å². The SMILES string of the molecule is O=C(NCc1ocnc1C(=O)NC(CC(F)F)C(=O)O)OCC1c2ccccc2-c2ccccc21. The number of carboxylic acids is 1. The molecule has 1 aromatic heterocycles. The summed E-state index contributed by atoms with van der Waals surface area (Å²) in [5.41, 5.74) is 3.94. The van der Waals surface area contributed by atoms with E-state index in [1.807, 2.05) is 53.8 Å². The Balaban J connectivity index is 1.35. The third-order valence-corrected chi connectivity index (χ3v) is 5.61.